The quantitative estimate of drug-likeness (QED) is 0.415. The Kier molecular flexibility index (Phi) is 6.58. The molecule has 0 aromatic heterocycles. The molecular weight excluding hydrogens is 456 g/mol. The zero-order valence-corrected chi connectivity index (χ0v) is 19.8. The zero-order valence-electron chi connectivity index (χ0n) is 19.0. The highest BCUT2D eigenvalue weighted by Crippen LogP contribution is 2.45. The van der Waals surface area contributed by atoms with Crippen LogP contribution in [0.3, 0.4) is 0 Å². The molecular formula is C25H28N2O6S. The van der Waals surface area contributed by atoms with Gasteiger partial charge in [-0.2, -0.15) is 0 Å². The Labute approximate surface area is 199 Å². The van der Waals surface area contributed by atoms with Gasteiger partial charge >= 0.3 is 0 Å². The number of sulfonamides is 1. The van der Waals surface area contributed by atoms with Crippen LogP contribution in [0.25, 0.3) is 0 Å². The van der Waals surface area contributed by atoms with E-state index in [1.54, 1.807) is 25.1 Å². The first-order valence-corrected chi connectivity index (χ1v) is 12.8. The summed E-state index contributed by atoms with van der Waals surface area (Å²) in [7, 11) is -3.91. The predicted octanol–water partition coefficient (Wildman–Crippen LogP) is 3.90. The molecule has 3 aromatic rings. The molecule has 0 aliphatic carbocycles. The molecule has 180 valence electrons. The topological polar surface area (TPSA) is 122 Å². The maximum absolute atomic E-state index is 13.2. The van der Waals surface area contributed by atoms with Gasteiger partial charge in [0.25, 0.3) is 0 Å². The van der Waals surface area contributed by atoms with Gasteiger partial charge < -0.3 is 25.4 Å². The summed E-state index contributed by atoms with van der Waals surface area (Å²) < 4.78 is 38.6. The van der Waals surface area contributed by atoms with Crippen molar-refractivity contribution in [3.05, 3.63) is 77.4 Å². The van der Waals surface area contributed by atoms with Gasteiger partial charge in [0.05, 0.1) is 24.1 Å². The van der Waals surface area contributed by atoms with Gasteiger partial charge in [-0.15, -0.1) is 0 Å². The second kappa shape index (κ2) is 9.44. The number of anilines is 2. The first-order valence-electron chi connectivity index (χ1n) is 10.9. The van der Waals surface area contributed by atoms with E-state index in [1.807, 2.05) is 30.3 Å². The fourth-order valence-corrected chi connectivity index (χ4v) is 5.38. The normalized spacial score (nSPS) is 14.6. The Bertz CT molecular complexity index is 1280. The fourth-order valence-electron chi connectivity index (χ4n) is 4.22. The smallest absolute Gasteiger partial charge is 0.232 e. The highest BCUT2D eigenvalue weighted by atomic mass is 32.2. The molecule has 3 aromatic carbocycles. The summed E-state index contributed by atoms with van der Waals surface area (Å²) in [6, 6.07) is 17.0. The molecule has 0 saturated heterocycles. The van der Waals surface area contributed by atoms with Crippen LogP contribution in [0.1, 0.15) is 42.2 Å². The minimum Gasteiger partial charge on any atom is -0.505 e. The molecule has 2 atom stereocenters. The van der Waals surface area contributed by atoms with Gasteiger partial charge in [-0.1, -0.05) is 43.3 Å². The van der Waals surface area contributed by atoms with Crippen LogP contribution in [0.5, 0.6) is 17.2 Å². The minimum atomic E-state index is -3.91. The third-order valence-corrected chi connectivity index (χ3v) is 7.05. The summed E-state index contributed by atoms with van der Waals surface area (Å²) in [5.74, 6) is 0.739. The number of aliphatic hydroxyl groups excluding tert-OH is 1. The average Bonchev–Trinajstić information content (AvgIpc) is 3.27. The van der Waals surface area contributed by atoms with Gasteiger partial charge in [-0.3, -0.25) is 4.31 Å². The van der Waals surface area contributed by atoms with Crippen molar-refractivity contribution in [2.75, 3.05) is 23.1 Å². The summed E-state index contributed by atoms with van der Waals surface area (Å²) in [6.07, 6.45) is 0.669. The number of hydrogen-bond donors (Lipinski definition) is 3. The number of nitrogens with two attached hydrogens (primary N) is 1. The van der Waals surface area contributed by atoms with Gasteiger partial charge in [-0.05, 0) is 48.2 Å². The van der Waals surface area contributed by atoms with E-state index in [0.29, 0.717) is 29.9 Å². The van der Waals surface area contributed by atoms with Gasteiger partial charge in [0, 0.05) is 11.3 Å². The lowest BCUT2D eigenvalue weighted by atomic mass is 9.97. The van der Waals surface area contributed by atoms with Crippen LogP contribution < -0.4 is 19.5 Å². The van der Waals surface area contributed by atoms with E-state index in [0.717, 1.165) is 11.8 Å². The molecule has 1 aliphatic rings. The third-order valence-electron chi connectivity index (χ3n) is 5.88. The number of aliphatic hydroxyl groups is 1. The van der Waals surface area contributed by atoms with Crippen molar-refractivity contribution in [3.8, 4) is 17.2 Å². The molecule has 0 radical (unpaired) electrons. The maximum atomic E-state index is 13.2. The number of phenolic OH excluding ortho intramolecular Hbond substituents is 1. The number of fused-ring (bicyclic) bond motifs is 1. The molecule has 1 aliphatic heterocycles. The zero-order chi connectivity index (χ0) is 24.5. The lowest BCUT2D eigenvalue weighted by Gasteiger charge is -2.33. The van der Waals surface area contributed by atoms with Crippen molar-refractivity contribution < 1.29 is 28.1 Å². The van der Waals surface area contributed by atoms with Crippen molar-refractivity contribution in [3.63, 3.8) is 0 Å². The van der Waals surface area contributed by atoms with Crippen molar-refractivity contribution in [1.82, 2.24) is 0 Å². The van der Waals surface area contributed by atoms with E-state index in [9.17, 15) is 18.6 Å². The summed E-state index contributed by atoms with van der Waals surface area (Å²) in [5, 5.41) is 21.6. The summed E-state index contributed by atoms with van der Waals surface area (Å²) in [4.78, 5) is 0. The standard InChI is InChI=1S/C25H28N2O6S/c1-3-21(28)24-18(26)10-11-19(25(24)29)27(34(2,30)31)20(13-16-7-5-4-6-8-16)17-9-12-22-23(14-17)33-15-32-22/h4-12,14,20-21,28-29H,3,13,15,26H2,1-2H3. The van der Waals surface area contributed by atoms with Crippen LogP contribution in [0.2, 0.25) is 0 Å². The van der Waals surface area contributed by atoms with Crippen LogP contribution in [-0.4, -0.2) is 31.7 Å². The molecule has 0 fully saturated rings. The van der Waals surface area contributed by atoms with Crippen molar-refractivity contribution in [2.24, 2.45) is 0 Å². The number of nitrogen functional groups attached to an aromatic ring is 1. The molecule has 4 rings (SSSR count). The third kappa shape index (κ3) is 4.62. The van der Waals surface area contributed by atoms with E-state index >= 15 is 0 Å². The monoisotopic (exact) mass is 484 g/mol. The highest BCUT2D eigenvalue weighted by Gasteiger charge is 2.33. The van der Waals surface area contributed by atoms with Crippen molar-refractivity contribution in [1.29, 1.82) is 0 Å². The van der Waals surface area contributed by atoms with Gasteiger partial charge in [0.2, 0.25) is 16.8 Å². The number of benzene rings is 3. The Balaban J connectivity index is 1.91. The lowest BCUT2D eigenvalue weighted by Crippen LogP contribution is -2.35. The Morgan fingerprint density at radius 1 is 1.06 bits per heavy atom. The molecule has 0 saturated carbocycles. The SMILES string of the molecule is CCC(O)c1c(N)ccc(N(C(Cc2ccccc2)c2ccc3c(c2)OCO3)S(C)(=O)=O)c1O. The first-order chi connectivity index (χ1) is 16.2. The molecule has 34 heavy (non-hydrogen) atoms. The molecule has 4 N–H and O–H groups in total. The number of aromatic hydroxyl groups is 1. The second-order valence-corrected chi connectivity index (χ2v) is 10.1. The molecule has 2 unspecified atom stereocenters. The number of hydrogen-bond acceptors (Lipinski definition) is 7. The number of ether oxygens (including phenoxy) is 2. The summed E-state index contributed by atoms with van der Waals surface area (Å²) in [5.41, 5.74) is 7.93. The van der Waals surface area contributed by atoms with Crippen LogP contribution in [0.4, 0.5) is 11.4 Å². The number of phenols is 1. The lowest BCUT2D eigenvalue weighted by molar-refractivity contribution is 0.170. The summed E-state index contributed by atoms with van der Waals surface area (Å²) >= 11 is 0. The molecule has 0 amide bonds. The number of rotatable bonds is 8. The molecule has 1 heterocycles. The van der Waals surface area contributed by atoms with E-state index in [4.69, 9.17) is 15.2 Å². The van der Waals surface area contributed by atoms with Gasteiger partial charge in [-0.25, -0.2) is 8.42 Å². The molecule has 8 nitrogen and oxygen atoms in total. The summed E-state index contributed by atoms with van der Waals surface area (Å²) in [6.45, 7) is 1.84. The van der Waals surface area contributed by atoms with E-state index in [-0.39, 0.29) is 29.5 Å². The van der Waals surface area contributed by atoms with Crippen LogP contribution >= 0.6 is 0 Å². The Hall–Kier alpha value is -3.43. The highest BCUT2D eigenvalue weighted by molar-refractivity contribution is 7.92. The first kappa shape index (κ1) is 23.7. The molecule has 0 bridgehead atoms. The van der Waals surface area contributed by atoms with Gasteiger partial charge in [0.15, 0.2) is 11.5 Å². The maximum Gasteiger partial charge on any atom is 0.232 e. The second-order valence-electron chi connectivity index (χ2n) is 8.24. The average molecular weight is 485 g/mol. The Morgan fingerprint density at radius 3 is 2.44 bits per heavy atom. The largest absolute Gasteiger partial charge is 0.505 e. The van der Waals surface area contributed by atoms with Crippen LogP contribution in [-0.2, 0) is 16.4 Å². The fraction of sp³-hybridized carbons (Fsp3) is 0.280. The van der Waals surface area contributed by atoms with Gasteiger partial charge in [0.1, 0.15) is 5.75 Å². The molecule has 9 heteroatoms. The molecule has 0 spiro atoms. The van der Waals surface area contributed by atoms with Crippen molar-refractivity contribution >= 4 is 21.4 Å². The van der Waals surface area contributed by atoms with Crippen LogP contribution in [0, 0.1) is 0 Å². The van der Waals surface area contributed by atoms with E-state index < -0.39 is 22.2 Å². The number of nitrogens with zero attached hydrogens (tertiary/aromatic N) is 1. The van der Waals surface area contributed by atoms with Crippen molar-refractivity contribution in [2.45, 2.75) is 31.9 Å². The predicted molar refractivity (Wildman–Crippen MR) is 131 cm³/mol. The Morgan fingerprint density at radius 2 is 1.76 bits per heavy atom. The van der Waals surface area contributed by atoms with Crippen LogP contribution in [0.15, 0.2) is 60.7 Å². The minimum absolute atomic E-state index is 0.0396. The van der Waals surface area contributed by atoms with E-state index in [1.165, 1.54) is 16.4 Å². The van der Waals surface area contributed by atoms with E-state index in [2.05, 4.69) is 0 Å².